The van der Waals surface area contributed by atoms with E-state index in [9.17, 15) is 0 Å². The smallest absolute Gasteiger partial charge is 0.161 e. The van der Waals surface area contributed by atoms with Gasteiger partial charge in [-0.1, -0.05) is 0 Å². The van der Waals surface area contributed by atoms with Gasteiger partial charge < -0.3 is 19.7 Å². The van der Waals surface area contributed by atoms with Crippen molar-refractivity contribution in [1.82, 2.24) is 19.8 Å². The number of anilines is 1. The summed E-state index contributed by atoms with van der Waals surface area (Å²) in [6.07, 6.45) is 4.34. The van der Waals surface area contributed by atoms with Gasteiger partial charge in [-0.2, -0.15) is 0 Å². The van der Waals surface area contributed by atoms with E-state index in [-0.39, 0.29) is 6.10 Å². The Bertz CT molecular complexity index is 808. The van der Waals surface area contributed by atoms with Crippen molar-refractivity contribution < 1.29 is 9.47 Å². The highest BCUT2D eigenvalue weighted by Crippen LogP contribution is 2.23. The monoisotopic (exact) mass is 411 g/mol. The number of aromatic nitrogens is 2. The Kier molecular flexibility index (Phi) is 7.15. The lowest BCUT2D eigenvalue weighted by molar-refractivity contribution is 0.0378. The quantitative estimate of drug-likeness (QED) is 0.670. The van der Waals surface area contributed by atoms with E-state index in [0.717, 1.165) is 93.8 Å². The van der Waals surface area contributed by atoms with Crippen LogP contribution in [0, 0.1) is 6.92 Å². The molecule has 3 heterocycles. The molecule has 0 bridgehead atoms. The Hall–Kier alpha value is -2.22. The van der Waals surface area contributed by atoms with Gasteiger partial charge in [0, 0.05) is 50.0 Å². The van der Waals surface area contributed by atoms with Gasteiger partial charge >= 0.3 is 0 Å². The minimum Gasteiger partial charge on any atom is -0.489 e. The van der Waals surface area contributed by atoms with Gasteiger partial charge in [0.25, 0.3) is 0 Å². The molecule has 162 valence electrons. The SMILES string of the molecule is Cc1cnc(-c2ccc(OC3CCN(C)C3)cc2)nc1NCCCN1CCOCC1. The molecular weight excluding hydrogens is 378 g/mol. The molecule has 2 aromatic rings. The van der Waals surface area contributed by atoms with E-state index in [2.05, 4.69) is 27.1 Å². The van der Waals surface area contributed by atoms with Gasteiger partial charge in [0.2, 0.25) is 0 Å². The maximum Gasteiger partial charge on any atom is 0.161 e. The normalized spacial score (nSPS) is 20.4. The van der Waals surface area contributed by atoms with Gasteiger partial charge in [-0.3, -0.25) is 4.90 Å². The second kappa shape index (κ2) is 10.2. The van der Waals surface area contributed by atoms with Crippen molar-refractivity contribution in [2.75, 3.05) is 64.8 Å². The molecule has 1 aromatic heterocycles. The Morgan fingerprint density at radius 1 is 1.17 bits per heavy atom. The lowest BCUT2D eigenvalue weighted by Crippen LogP contribution is -2.37. The maximum absolute atomic E-state index is 6.09. The minimum atomic E-state index is 0.282. The van der Waals surface area contributed by atoms with Gasteiger partial charge in [-0.05, 0) is 57.6 Å². The highest BCUT2D eigenvalue weighted by atomic mass is 16.5. The molecule has 2 saturated heterocycles. The summed E-state index contributed by atoms with van der Waals surface area (Å²) in [5.41, 5.74) is 2.07. The Balaban J connectivity index is 1.31. The zero-order chi connectivity index (χ0) is 20.8. The van der Waals surface area contributed by atoms with Crippen molar-refractivity contribution in [3.05, 3.63) is 36.0 Å². The summed E-state index contributed by atoms with van der Waals surface area (Å²) in [7, 11) is 2.13. The molecule has 7 nitrogen and oxygen atoms in total. The van der Waals surface area contributed by atoms with Gasteiger partial charge in [0.05, 0.1) is 13.2 Å². The zero-order valence-corrected chi connectivity index (χ0v) is 18.1. The Morgan fingerprint density at radius 3 is 2.70 bits per heavy atom. The summed E-state index contributed by atoms with van der Waals surface area (Å²) in [4.78, 5) is 14.1. The predicted molar refractivity (Wildman–Crippen MR) is 119 cm³/mol. The number of likely N-dealkylation sites (N-methyl/N-ethyl adjacent to an activating group) is 1. The van der Waals surface area contributed by atoms with Gasteiger partial charge in [0.1, 0.15) is 17.7 Å². The first-order valence-electron chi connectivity index (χ1n) is 11.0. The number of morpholine rings is 1. The maximum atomic E-state index is 6.09. The van der Waals surface area contributed by atoms with Crippen LogP contribution in [0.25, 0.3) is 11.4 Å². The van der Waals surface area contributed by atoms with Gasteiger partial charge in [-0.15, -0.1) is 0 Å². The van der Waals surface area contributed by atoms with Crippen LogP contribution >= 0.6 is 0 Å². The number of aryl methyl sites for hydroxylation is 1. The fraction of sp³-hybridized carbons (Fsp3) is 0.565. The third-order valence-electron chi connectivity index (χ3n) is 5.78. The molecule has 0 saturated carbocycles. The molecule has 0 spiro atoms. The molecule has 2 fully saturated rings. The van der Waals surface area contributed by atoms with Crippen LogP contribution in [0.2, 0.25) is 0 Å². The third-order valence-corrected chi connectivity index (χ3v) is 5.78. The van der Waals surface area contributed by atoms with Crippen molar-refractivity contribution in [2.24, 2.45) is 0 Å². The third kappa shape index (κ3) is 5.68. The predicted octanol–water partition coefficient (Wildman–Crippen LogP) is 2.67. The molecule has 1 atom stereocenters. The molecule has 1 aromatic carbocycles. The molecule has 7 heteroatoms. The largest absolute Gasteiger partial charge is 0.489 e. The van der Waals surface area contributed by atoms with E-state index >= 15 is 0 Å². The average molecular weight is 412 g/mol. The summed E-state index contributed by atoms with van der Waals surface area (Å²) >= 11 is 0. The van der Waals surface area contributed by atoms with E-state index in [4.69, 9.17) is 14.5 Å². The van der Waals surface area contributed by atoms with E-state index in [0.29, 0.717) is 0 Å². The number of nitrogens with one attached hydrogen (secondary N) is 1. The Labute approximate surface area is 179 Å². The minimum absolute atomic E-state index is 0.282. The highest BCUT2D eigenvalue weighted by Gasteiger charge is 2.20. The number of benzene rings is 1. The van der Waals surface area contributed by atoms with Crippen LogP contribution in [-0.4, -0.2) is 85.4 Å². The summed E-state index contributed by atoms with van der Waals surface area (Å²) in [5.74, 6) is 2.56. The number of nitrogens with zero attached hydrogens (tertiary/aromatic N) is 4. The lowest BCUT2D eigenvalue weighted by atomic mass is 10.2. The van der Waals surface area contributed by atoms with Crippen LogP contribution in [0.15, 0.2) is 30.5 Å². The van der Waals surface area contributed by atoms with Crippen LogP contribution in [0.4, 0.5) is 5.82 Å². The molecule has 2 aliphatic heterocycles. The molecule has 0 amide bonds. The second-order valence-electron chi connectivity index (χ2n) is 8.27. The van der Waals surface area contributed by atoms with Crippen LogP contribution in [0.1, 0.15) is 18.4 Å². The fourth-order valence-electron chi connectivity index (χ4n) is 3.96. The first kappa shape index (κ1) is 21.0. The summed E-state index contributed by atoms with van der Waals surface area (Å²) in [6.45, 7) is 9.90. The topological polar surface area (TPSA) is 62.8 Å². The van der Waals surface area contributed by atoms with Crippen molar-refractivity contribution >= 4 is 5.82 Å². The number of likely N-dealkylation sites (tertiary alicyclic amines) is 1. The van der Waals surface area contributed by atoms with Gasteiger partial charge in [-0.25, -0.2) is 9.97 Å². The molecule has 2 aliphatic rings. The second-order valence-corrected chi connectivity index (χ2v) is 8.27. The summed E-state index contributed by atoms with van der Waals surface area (Å²) in [6, 6.07) is 8.13. The molecule has 0 aliphatic carbocycles. The van der Waals surface area contributed by atoms with Crippen LogP contribution < -0.4 is 10.1 Å². The number of hydrogen-bond acceptors (Lipinski definition) is 7. The zero-order valence-electron chi connectivity index (χ0n) is 18.1. The van der Waals surface area contributed by atoms with E-state index in [1.165, 1.54) is 0 Å². The standard InChI is InChI=1S/C23H33N5O2/c1-18-16-25-23(26-22(18)24-9-3-10-28-12-14-29-15-13-28)19-4-6-20(7-5-19)30-21-8-11-27(2)17-21/h4-7,16,21H,3,8-15,17H2,1-2H3,(H,24,25,26). The summed E-state index contributed by atoms with van der Waals surface area (Å²) < 4.78 is 11.5. The lowest BCUT2D eigenvalue weighted by Gasteiger charge is -2.26. The Morgan fingerprint density at radius 2 is 1.97 bits per heavy atom. The van der Waals surface area contributed by atoms with E-state index in [1.807, 2.05) is 37.4 Å². The van der Waals surface area contributed by atoms with Crippen molar-refractivity contribution in [3.8, 4) is 17.1 Å². The van der Waals surface area contributed by atoms with Crippen LogP contribution in [0.3, 0.4) is 0 Å². The molecule has 0 radical (unpaired) electrons. The van der Waals surface area contributed by atoms with Crippen LogP contribution in [0.5, 0.6) is 5.75 Å². The fourth-order valence-corrected chi connectivity index (χ4v) is 3.96. The highest BCUT2D eigenvalue weighted by molar-refractivity contribution is 5.59. The number of hydrogen-bond donors (Lipinski definition) is 1. The first-order valence-corrected chi connectivity index (χ1v) is 11.0. The van der Waals surface area contributed by atoms with Crippen molar-refractivity contribution in [3.63, 3.8) is 0 Å². The van der Waals surface area contributed by atoms with E-state index < -0.39 is 0 Å². The summed E-state index contributed by atoms with van der Waals surface area (Å²) in [5, 5.41) is 3.49. The molecule has 30 heavy (non-hydrogen) atoms. The molecule has 1 unspecified atom stereocenters. The number of rotatable bonds is 8. The number of ether oxygens (including phenoxy) is 2. The molecular formula is C23H33N5O2. The van der Waals surface area contributed by atoms with Crippen molar-refractivity contribution in [1.29, 1.82) is 0 Å². The molecule has 4 rings (SSSR count). The molecule has 1 N–H and O–H groups in total. The van der Waals surface area contributed by atoms with Crippen LogP contribution in [-0.2, 0) is 4.74 Å². The average Bonchev–Trinajstić information content (AvgIpc) is 3.18. The van der Waals surface area contributed by atoms with Crippen molar-refractivity contribution in [2.45, 2.75) is 25.9 Å². The van der Waals surface area contributed by atoms with E-state index in [1.54, 1.807) is 0 Å². The first-order chi connectivity index (χ1) is 14.7. The van der Waals surface area contributed by atoms with Gasteiger partial charge in [0.15, 0.2) is 5.82 Å².